The number of benzene rings is 1. The van der Waals surface area contributed by atoms with Crippen LogP contribution in [-0.2, 0) is 0 Å². The lowest BCUT2D eigenvalue weighted by Gasteiger charge is -2.22. The molecular weight excluding hydrogens is 210 g/mol. The van der Waals surface area contributed by atoms with Gasteiger partial charge in [-0.05, 0) is 24.6 Å². The maximum Gasteiger partial charge on any atom is 0.0844 e. The molecule has 0 bridgehead atoms. The second-order valence-electron chi connectivity index (χ2n) is 3.75. The predicted molar refractivity (Wildman–Crippen MR) is 63.9 cm³/mol. The summed E-state index contributed by atoms with van der Waals surface area (Å²) in [6, 6.07) is 7.38. The minimum atomic E-state index is -0.552. The molecule has 0 saturated heterocycles. The van der Waals surface area contributed by atoms with E-state index >= 15 is 0 Å². The predicted octanol–water partition coefficient (Wildman–Crippen LogP) is 2.75. The number of aliphatic hydroxyl groups is 1. The molecule has 0 aliphatic carbocycles. The molecule has 2 unspecified atom stereocenters. The highest BCUT2D eigenvalue weighted by Crippen LogP contribution is 2.29. The van der Waals surface area contributed by atoms with Crippen molar-refractivity contribution in [2.24, 2.45) is 11.7 Å². The van der Waals surface area contributed by atoms with Gasteiger partial charge in [0, 0.05) is 10.9 Å². The van der Waals surface area contributed by atoms with Gasteiger partial charge < -0.3 is 10.8 Å². The van der Waals surface area contributed by atoms with E-state index in [-0.39, 0.29) is 5.92 Å². The molecule has 84 valence electrons. The maximum absolute atomic E-state index is 10.1. The van der Waals surface area contributed by atoms with Crippen LogP contribution in [0.25, 0.3) is 0 Å². The zero-order valence-corrected chi connectivity index (χ0v) is 9.74. The summed E-state index contributed by atoms with van der Waals surface area (Å²) in [5, 5.41) is 10.7. The monoisotopic (exact) mass is 227 g/mol. The zero-order chi connectivity index (χ0) is 11.3. The number of hydrogen-bond donors (Lipinski definition) is 2. The van der Waals surface area contributed by atoms with Crippen molar-refractivity contribution < 1.29 is 5.11 Å². The van der Waals surface area contributed by atoms with Crippen LogP contribution in [0.3, 0.4) is 0 Å². The average molecular weight is 228 g/mol. The zero-order valence-electron chi connectivity index (χ0n) is 8.99. The van der Waals surface area contributed by atoms with Gasteiger partial charge >= 0.3 is 0 Å². The van der Waals surface area contributed by atoms with Crippen LogP contribution in [0.1, 0.15) is 31.4 Å². The topological polar surface area (TPSA) is 46.2 Å². The molecule has 0 fully saturated rings. The molecular formula is C12H18ClNO. The quantitative estimate of drug-likeness (QED) is 0.813. The van der Waals surface area contributed by atoms with Gasteiger partial charge in [0.2, 0.25) is 0 Å². The van der Waals surface area contributed by atoms with Crippen LogP contribution in [-0.4, -0.2) is 11.7 Å². The Bertz CT molecular complexity index is 303. The molecule has 3 heteroatoms. The van der Waals surface area contributed by atoms with Crippen LogP contribution in [0.5, 0.6) is 0 Å². The number of aliphatic hydroxyl groups excluding tert-OH is 1. The molecule has 0 saturated carbocycles. The molecule has 0 aliphatic rings. The smallest absolute Gasteiger partial charge is 0.0844 e. The molecule has 0 heterocycles. The van der Waals surface area contributed by atoms with E-state index in [1.807, 2.05) is 18.2 Å². The summed E-state index contributed by atoms with van der Waals surface area (Å²) in [7, 11) is 0. The van der Waals surface area contributed by atoms with Crippen LogP contribution in [0, 0.1) is 5.92 Å². The SMILES string of the molecule is CCCC(CN)C(O)c1ccccc1Cl. The van der Waals surface area contributed by atoms with Crippen molar-refractivity contribution in [2.45, 2.75) is 25.9 Å². The third kappa shape index (κ3) is 3.20. The Labute approximate surface area is 96.1 Å². The second-order valence-corrected chi connectivity index (χ2v) is 4.16. The van der Waals surface area contributed by atoms with E-state index in [1.54, 1.807) is 6.07 Å². The van der Waals surface area contributed by atoms with Gasteiger partial charge in [-0.25, -0.2) is 0 Å². The summed E-state index contributed by atoms with van der Waals surface area (Å²) in [6.45, 7) is 2.57. The molecule has 3 N–H and O–H groups in total. The molecule has 0 aromatic heterocycles. The normalized spacial score (nSPS) is 14.9. The highest BCUT2D eigenvalue weighted by Gasteiger charge is 2.20. The van der Waals surface area contributed by atoms with Gasteiger partial charge in [0.15, 0.2) is 0 Å². The van der Waals surface area contributed by atoms with Gasteiger partial charge in [0.05, 0.1) is 6.10 Å². The second kappa shape index (κ2) is 6.11. The van der Waals surface area contributed by atoms with Crippen LogP contribution in [0.2, 0.25) is 5.02 Å². The van der Waals surface area contributed by atoms with E-state index in [0.29, 0.717) is 11.6 Å². The first kappa shape index (κ1) is 12.5. The Morgan fingerprint density at radius 2 is 2.07 bits per heavy atom. The van der Waals surface area contributed by atoms with Gasteiger partial charge in [-0.3, -0.25) is 0 Å². The molecule has 15 heavy (non-hydrogen) atoms. The maximum atomic E-state index is 10.1. The van der Waals surface area contributed by atoms with Crippen LogP contribution in [0.4, 0.5) is 0 Å². The highest BCUT2D eigenvalue weighted by molar-refractivity contribution is 6.31. The van der Waals surface area contributed by atoms with Crippen molar-refractivity contribution in [1.82, 2.24) is 0 Å². The Kier molecular flexibility index (Phi) is 5.09. The number of hydrogen-bond acceptors (Lipinski definition) is 2. The first-order valence-electron chi connectivity index (χ1n) is 5.33. The van der Waals surface area contributed by atoms with Gasteiger partial charge in [-0.15, -0.1) is 0 Å². The molecule has 0 radical (unpaired) electrons. The van der Waals surface area contributed by atoms with Crippen molar-refractivity contribution in [3.8, 4) is 0 Å². The Hall–Kier alpha value is -0.570. The molecule has 2 atom stereocenters. The summed E-state index contributed by atoms with van der Waals surface area (Å²) in [6.07, 6.45) is 1.38. The van der Waals surface area contributed by atoms with Gasteiger partial charge in [0.25, 0.3) is 0 Å². The van der Waals surface area contributed by atoms with Crippen molar-refractivity contribution >= 4 is 11.6 Å². The van der Waals surface area contributed by atoms with Crippen molar-refractivity contribution in [3.63, 3.8) is 0 Å². The van der Waals surface area contributed by atoms with E-state index in [0.717, 1.165) is 18.4 Å². The molecule has 1 aromatic rings. The number of rotatable bonds is 5. The first-order chi connectivity index (χ1) is 7.20. The minimum absolute atomic E-state index is 0.0925. The molecule has 2 nitrogen and oxygen atoms in total. The van der Waals surface area contributed by atoms with E-state index < -0.39 is 6.10 Å². The summed E-state index contributed by atoms with van der Waals surface area (Å²) in [4.78, 5) is 0. The Balaban J connectivity index is 2.82. The van der Waals surface area contributed by atoms with E-state index in [1.165, 1.54) is 0 Å². The largest absolute Gasteiger partial charge is 0.388 e. The van der Waals surface area contributed by atoms with Gasteiger partial charge in [0.1, 0.15) is 0 Å². The summed E-state index contributed by atoms with van der Waals surface area (Å²) in [5.74, 6) is 0.0925. The lowest BCUT2D eigenvalue weighted by Crippen LogP contribution is -2.22. The standard InChI is InChI=1S/C12H18ClNO/c1-2-5-9(8-14)12(15)10-6-3-4-7-11(10)13/h3-4,6-7,9,12,15H,2,5,8,14H2,1H3. The lowest BCUT2D eigenvalue weighted by molar-refractivity contribution is 0.107. The lowest BCUT2D eigenvalue weighted by atomic mass is 9.92. The van der Waals surface area contributed by atoms with Crippen LogP contribution >= 0.6 is 11.6 Å². The molecule has 0 amide bonds. The van der Waals surface area contributed by atoms with E-state index in [4.69, 9.17) is 17.3 Å². The third-order valence-electron chi connectivity index (χ3n) is 2.63. The Morgan fingerprint density at radius 3 is 2.60 bits per heavy atom. The average Bonchev–Trinajstić information content (AvgIpc) is 2.25. The van der Waals surface area contributed by atoms with Gasteiger partial charge in [-0.1, -0.05) is 43.1 Å². The number of nitrogens with two attached hydrogens (primary N) is 1. The van der Waals surface area contributed by atoms with Crippen LogP contribution < -0.4 is 5.73 Å². The fourth-order valence-electron chi connectivity index (χ4n) is 1.74. The molecule has 0 aliphatic heterocycles. The highest BCUT2D eigenvalue weighted by atomic mass is 35.5. The van der Waals surface area contributed by atoms with Crippen LogP contribution in [0.15, 0.2) is 24.3 Å². The Morgan fingerprint density at radius 1 is 1.40 bits per heavy atom. The van der Waals surface area contributed by atoms with E-state index in [9.17, 15) is 5.11 Å². The summed E-state index contributed by atoms with van der Waals surface area (Å²) >= 11 is 6.02. The van der Waals surface area contributed by atoms with Crippen molar-refractivity contribution in [2.75, 3.05) is 6.54 Å². The summed E-state index contributed by atoms with van der Waals surface area (Å²) in [5.41, 5.74) is 6.42. The fourth-order valence-corrected chi connectivity index (χ4v) is 1.99. The first-order valence-corrected chi connectivity index (χ1v) is 5.71. The molecule has 0 spiro atoms. The van der Waals surface area contributed by atoms with E-state index in [2.05, 4.69) is 6.92 Å². The third-order valence-corrected chi connectivity index (χ3v) is 2.98. The number of halogens is 1. The van der Waals surface area contributed by atoms with Gasteiger partial charge in [-0.2, -0.15) is 0 Å². The molecule has 1 aromatic carbocycles. The summed E-state index contributed by atoms with van der Waals surface area (Å²) < 4.78 is 0. The minimum Gasteiger partial charge on any atom is -0.388 e. The van der Waals surface area contributed by atoms with Crippen molar-refractivity contribution in [3.05, 3.63) is 34.9 Å². The molecule has 1 rings (SSSR count). The van der Waals surface area contributed by atoms with Crippen molar-refractivity contribution in [1.29, 1.82) is 0 Å². The fraction of sp³-hybridized carbons (Fsp3) is 0.500.